The fraction of sp³-hybridized carbons (Fsp3) is 0.364. The molecule has 0 fully saturated rings. The summed E-state index contributed by atoms with van der Waals surface area (Å²) in [6.07, 6.45) is 0. The van der Waals surface area contributed by atoms with Gasteiger partial charge in [-0.2, -0.15) is 5.26 Å². The van der Waals surface area contributed by atoms with Gasteiger partial charge in [0.05, 0.1) is 23.5 Å². The minimum absolute atomic E-state index is 0.0137. The van der Waals surface area contributed by atoms with Gasteiger partial charge in [0.1, 0.15) is 0 Å². The number of hydrogen-bond donors (Lipinski definition) is 0. The quantitative estimate of drug-likeness (QED) is 0.781. The molecule has 1 rings (SSSR count). The summed E-state index contributed by atoms with van der Waals surface area (Å²) < 4.78 is 23.2. The third kappa shape index (κ3) is 4.13. The summed E-state index contributed by atoms with van der Waals surface area (Å²) in [4.78, 5) is 0. The van der Waals surface area contributed by atoms with Crippen molar-refractivity contribution in [2.75, 3.05) is 5.75 Å². The van der Waals surface area contributed by atoms with Crippen molar-refractivity contribution >= 4 is 9.84 Å². The second kappa shape index (κ2) is 4.94. The zero-order valence-electron chi connectivity index (χ0n) is 8.55. The molecule has 0 saturated heterocycles. The molecular weight excluding hydrogens is 210 g/mol. The lowest BCUT2D eigenvalue weighted by atomic mass is 10.2. The summed E-state index contributed by atoms with van der Waals surface area (Å²) in [7, 11) is -3.17. The highest BCUT2D eigenvalue weighted by Gasteiger charge is 2.15. The number of benzene rings is 1. The molecule has 1 atom stereocenters. The summed E-state index contributed by atoms with van der Waals surface area (Å²) in [5.74, 6) is -0.503. The van der Waals surface area contributed by atoms with Crippen LogP contribution in [0.5, 0.6) is 0 Å². The highest BCUT2D eigenvalue weighted by Crippen LogP contribution is 2.09. The van der Waals surface area contributed by atoms with Gasteiger partial charge in [0, 0.05) is 0 Å². The van der Waals surface area contributed by atoms with Gasteiger partial charge in [-0.05, 0) is 12.5 Å². The van der Waals surface area contributed by atoms with E-state index in [1.807, 2.05) is 12.1 Å². The van der Waals surface area contributed by atoms with E-state index in [2.05, 4.69) is 0 Å². The second-order valence-electron chi connectivity index (χ2n) is 3.57. The van der Waals surface area contributed by atoms with Crippen LogP contribution in [-0.4, -0.2) is 14.2 Å². The molecule has 1 unspecified atom stereocenters. The molecule has 0 N–H and O–H groups in total. The Balaban J connectivity index is 2.71. The Labute approximate surface area is 90.3 Å². The fourth-order valence-electron chi connectivity index (χ4n) is 1.31. The molecular formula is C11H13NO2S. The van der Waals surface area contributed by atoms with Crippen LogP contribution in [0.2, 0.25) is 0 Å². The number of hydrogen-bond acceptors (Lipinski definition) is 3. The van der Waals surface area contributed by atoms with Crippen LogP contribution in [0.25, 0.3) is 0 Å². The van der Waals surface area contributed by atoms with Crippen LogP contribution in [0, 0.1) is 17.2 Å². The normalized spacial score (nSPS) is 13.1. The van der Waals surface area contributed by atoms with Crippen molar-refractivity contribution in [2.24, 2.45) is 5.92 Å². The molecule has 80 valence electrons. The molecule has 0 aliphatic heterocycles. The van der Waals surface area contributed by atoms with Gasteiger partial charge in [-0.25, -0.2) is 8.42 Å². The molecule has 1 aromatic carbocycles. The first-order valence-electron chi connectivity index (χ1n) is 4.67. The predicted octanol–water partition coefficient (Wildman–Crippen LogP) is 1.76. The van der Waals surface area contributed by atoms with E-state index in [0.717, 1.165) is 5.56 Å². The summed E-state index contributed by atoms with van der Waals surface area (Å²) in [5, 5.41) is 8.55. The molecule has 0 aliphatic rings. The molecule has 3 nitrogen and oxygen atoms in total. The maximum absolute atomic E-state index is 11.6. The standard InChI is InChI=1S/C11H13NO2S/c1-10(7-12)8-15(13,14)9-11-5-3-2-4-6-11/h2-6,10H,8-9H2,1H3. The Morgan fingerprint density at radius 3 is 2.47 bits per heavy atom. The Bertz CT molecular complexity index is 445. The molecule has 0 amide bonds. The highest BCUT2D eigenvalue weighted by atomic mass is 32.2. The highest BCUT2D eigenvalue weighted by molar-refractivity contribution is 7.90. The van der Waals surface area contributed by atoms with Crippen molar-refractivity contribution in [1.82, 2.24) is 0 Å². The minimum Gasteiger partial charge on any atom is -0.228 e. The van der Waals surface area contributed by atoms with Gasteiger partial charge in [-0.1, -0.05) is 30.3 Å². The van der Waals surface area contributed by atoms with E-state index in [1.165, 1.54) is 0 Å². The largest absolute Gasteiger partial charge is 0.228 e. The number of nitriles is 1. The van der Waals surface area contributed by atoms with Crippen molar-refractivity contribution < 1.29 is 8.42 Å². The first kappa shape index (κ1) is 11.7. The Hall–Kier alpha value is -1.34. The summed E-state index contributed by atoms with van der Waals surface area (Å²) in [6, 6.07) is 10.9. The van der Waals surface area contributed by atoms with E-state index >= 15 is 0 Å². The van der Waals surface area contributed by atoms with E-state index in [0.29, 0.717) is 0 Å². The van der Waals surface area contributed by atoms with Gasteiger partial charge < -0.3 is 0 Å². The average Bonchev–Trinajstić information content (AvgIpc) is 2.17. The van der Waals surface area contributed by atoms with Gasteiger partial charge in [0.2, 0.25) is 0 Å². The topological polar surface area (TPSA) is 57.9 Å². The molecule has 0 aromatic heterocycles. The molecule has 0 radical (unpaired) electrons. The Kier molecular flexibility index (Phi) is 3.87. The Morgan fingerprint density at radius 2 is 1.93 bits per heavy atom. The monoisotopic (exact) mass is 223 g/mol. The summed E-state index contributed by atoms with van der Waals surface area (Å²) >= 11 is 0. The number of sulfone groups is 1. The third-order valence-electron chi connectivity index (χ3n) is 1.95. The van der Waals surface area contributed by atoms with E-state index in [1.54, 1.807) is 31.2 Å². The van der Waals surface area contributed by atoms with Crippen molar-refractivity contribution in [3.8, 4) is 6.07 Å². The molecule has 1 aromatic rings. The lowest BCUT2D eigenvalue weighted by Crippen LogP contribution is -2.14. The maximum Gasteiger partial charge on any atom is 0.155 e. The zero-order chi connectivity index (χ0) is 11.3. The van der Waals surface area contributed by atoms with Crippen molar-refractivity contribution in [3.05, 3.63) is 35.9 Å². The predicted molar refractivity (Wildman–Crippen MR) is 58.7 cm³/mol. The SMILES string of the molecule is CC(C#N)CS(=O)(=O)Cc1ccccc1. The molecule has 15 heavy (non-hydrogen) atoms. The van der Waals surface area contributed by atoms with Gasteiger partial charge in [0.15, 0.2) is 9.84 Å². The van der Waals surface area contributed by atoms with E-state index in [9.17, 15) is 8.42 Å². The third-order valence-corrected chi connectivity index (χ3v) is 3.73. The van der Waals surface area contributed by atoms with E-state index in [4.69, 9.17) is 5.26 Å². The van der Waals surface area contributed by atoms with Crippen LogP contribution in [0.4, 0.5) is 0 Å². The van der Waals surface area contributed by atoms with Crippen LogP contribution in [0.3, 0.4) is 0 Å². The van der Waals surface area contributed by atoms with Crippen molar-refractivity contribution in [3.63, 3.8) is 0 Å². The van der Waals surface area contributed by atoms with Crippen LogP contribution in [0.1, 0.15) is 12.5 Å². The van der Waals surface area contributed by atoms with Gasteiger partial charge >= 0.3 is 0 Å². The fourth-order valence-corrected chi connectivity index (χ4v) is 2.96. The molecule has 4 heteroatoms. The lowest BCUT2D eigenvalue weighted by molar-refractivity contribution is 0.588. The van der Waals surface area contributed by atoms with Gasteiger partial charge in [-0.3, -0.25) is 0 Å². The van der Waals surface area contributed by atoms with Crippen molar-refractivity contribution in [1.29, 1.82) is 5.26 Å². The Morgan fingerprint density at radius 1 is 1.33 bits per heavy atom. The molecule has 0 saturated carbocycles. The van der Waals surface area contributed by atoms with Gasteiger partial charge in [0.25, 0.3) is 0 Å². The van der Waals surface area contributed by atoms with Crippen LogP contribution in [-0.2, 0) is 15.6 Å². The van der Waals surface area contributed by atoms with E-state index in [-0.39, 0.29) is 11.5 Å². The van der Waals surface area contributed by atoms with Crippen LogP contribution >= 0.6 is 0 Å². The summed E-state index contributed by atoms with van der Waals surface area (Å²) in [5.41, 5.74) is 0.766. The smallest absolute Gasteiger partial charge is 0.155 e. The lowest BCUT2D eigenvalue weighted by Gasteiger charge is -2.05. The van der Waals surface area contributed by atoms with Crippen LogP contribution in [0.15, 0.2) is 30.3 Å². The minimum atomic E-state index is -3.17. The molecule has 0 bridgehead atoms. The van der Waals surface area contributed by atoms with Crippen LogP contribution < -0.4 is 0 Å². The number of nitrogens with zero attached hydrogens (tertiary/aromatic N) is 1. The molecule has 0 heterocycles. The number of rotatable bonds is 4. The van der Waals surface area contributed by atoms with Crippen molar-refractivity contribution in [2.45, 2.75) is 12.7 Å². The first-order chi connectivity index (χ1) is 7.03. The molecule has 0 spiro atoms. The van der Waals surface area contributed by atoms with E-state index < -0.39 is 15.8 Å². The first-order valence-corrected chi connectivity index (χ1v) is 6.49. The maximum atomic E-state index is 11.6. The zero-order valence-corrected chi connectivity index (χ0v) is 9.37. The van der Waals surface area contributed by atoms with Gasteiger partial charge in [-0.15, -0.1) is 0 Å². The average molecular weight is 223 g/mol. The second-order valence-corrected chi connectivity index (χ2v) is 5.68. The summed E-state index contributed by atoms with van der Waals surface area (Å²) in [6.45, 7) is 1.61. The molecule has 0 aliphatic carbocycles.